The first kappa shape index (κ1) is 17.9. The van der Waals surface area contributed by atoms with Gasteiger partial charge < -0.3 is 18.9 Å². The molecule has 0 saturated heterocycles. The third kappa shape index (κ3) is 8.20. The number of hydrogen-bond acceptors (Lipinski definition) is 4. The van der Waals surface area contributed by atoms with Gasteiger partial charge in [-0.1, -0.05) is 19.3 Å². The average Bonchev–Trinajstić information content (AvgIpc) is 2.49. The van der Waals surface area contributed by atoms with Crippen molar-refractivity contribution in [1.82, 2.24) is 0 Å². The van der Waals surface area contributed by atoms with Gasteiger partial charge in [0.15, 0.2) is 0 Å². The van der Waals surface area contributed by atoms with Gasteiger partial charge in [-0.3, -0.25) is 0 Å². The molecule has 1 aliphatic carbocycles. The Bertz CT molecular complexity index is 229. The van der Waals surface area contributed by atoms with E-state index in [-0.39, 0.29) is 18.3 Å². The maximum Gasteiger partial charge on any atom is 0.0781 e. The van der Waals surface area contributed by atoms with Crippen LogP contribution in [0.1, 0.15) is 52.9 Å². The molecule has 0 N–H and O–H groups in total. The highest BCUT2D eigenvalue weighted by molar-refractivity contribution is 4.66. The van der Waals surface area contributed by atoms with Gasteiger partial charge in [0.25, 0.3) is 0 Å². The Morgan fingerprint density at radius 3 is 1.95 bits per heavy atom. The van der Waals surface area contributed by atoms with E-state index >= 15 is 0 Å². The SMILES string of the molecule is COC(C)COC(C)COC(C)COC1CCCCC1. The van der Waals surface area contributed by atoms with Gasteiger partial charge in [-0.15, -0.1) is 0 Å². The lowest BCUT2D eigenvalue weighted by Gasteiger charge is -2.24. The second-order valence-electron chi connectivity index (χ2n) is 5.93. The van der Waals surface area contributed by atoms with Gasteiger partial charge in [-0.05, 0) is 33.6 Å². The molecule has 1 rings (SSSR count). The van der Waals surface area contributed by atoms with Crippen molar-refractivity contribution in [2.24, 2.45) is 0 Å². The topological polar surface area (TPSA) is 36.9 Å². The quantitative estimate of drug-likeness (QED) is 0.618. The smallest absolute Gasteiger partial charge is 0.0781 e. The molecule has 3 atom stereocenters. The second kappa shape index (κ2) is 10.6. The highest BCUT2D eigenvalue weighted by atomic mass is 16.6. The molecular formula is C16H32O4. The zero-order valence-corrected chi connectivity index (χ0v) is 13.6. The van der Waals surface area contributed by atoms with E-state index in [0.29, 0.717) is 25.9 Å². The Balaban J connectivity index is 2.02. The maximum absolute atomic E-state index is 5.91. The third-order valence-electron chi connectivity index (χ3n) is 3.75. The summed E-state index contributed by atoms with van der Waals surface area (Å²) >= 11 is 0. The Morgan fingerprint density at radius 2 is 1.35 bits per heavy atom. The summed E-state index contributed by atoms with van der Waals surface area (Å²) in [5.74, 6) is 0. The summed E-state index contributed by atoms with van der Waals surface area (Å²) in [6, 6.07) is 0. The van der Waals surface area contributed by atoms with Crippen LogP contribution in [0.15, 0.2) is 0 Å². The zero-order valence-electron chi connectivity index (χ0n) is 13.6. The molecule has 120 valence electrons. The monoisotopic (exact) mass is 288 g/mol. The molecule has 4 heteroatoms. The Morgan fingerprint density at radius 1 is 0.800 bits per heavy atom. The zero-order chi connectivity index (χ0) is 14.8. The Labute approximate surface area is 124 Å². The molecule has 0 spiro atoms. The summed E-state index contributed by atoms with van der Waals surface area (Å²) in [7, 11) is 1.69. The largest absolute Gasteiger partial charge is 0.379 e. The predicted molar refractivity (Wildman–Crippen MR) is 80.1 cm³/mol. The fourth-order valence-corrected chi connectivity index (χ4v) is 2.27. The molecule has 1 fully saturated rings. The van der Waals surface area contributed by atoms with E-state index in [0.717, 1.165) is 0 Å². The van der Waals surface area contributed by atoms with Crippen LogP contribution in [0, 0.1) is 0 Å². The lowest BCUT2D eigenvalue weighted by Crippen LogP contribution is -2.28. The number of methoxy groups -OCH3 is 1. The molecule has 0 aromatic heterocycles. The molecule has 3 unspecified atom stereocenters. The minimum absolute atomic E-state index is 0.0877. The average molecular weight is 288 g/mol. The van der Waals surface area contributed by atoms with Crippen molar-refractivity contribution < 1.29 is 18.9 Å². The molecule has 4 nitrogen and oxygen atoms in total. The van der Waals surface area contributed by atoms with E-state index in [4.69, 9.17) is 18.9 Å². The van der Waals surface area contributed by atoms with E-state index in [9.17, 15) is 0 Å². The first-order valence-electron chi connectivity index (χ1n) is 7.99. The van der Waals surface area contributed by atoms with Crippen LogP contribution in [0.25, 0.3) is 0 Å². The van der Waals surface area contributed by atoms with E-state index in [1.807, 2.05) is 13.8 Å². The van der Waals surface area contributed by atoms with Crippen molar-refractivity contribution in [2.45, 2.75) is 77.3 Å². The van der Waals surface area contributed by atoms with Crippen LogP contribution in [0.4, 0.5) is 0 Å². The summed E-state index contributed by atoms with van der Waals surface area (Å²) in [6.45, 7) is 7.98. The summed E-state index contributed by atoms with van der Waals surface area (Å²) in [6.07, 6.45) is 7.19. The van der Waals surface area contributed by atoms with Gasteiger partial charge in [-0.25, -0.2) is 0 Å². The van der Waals surface area contributed by atoms with Crippen LogP contribution in [0.5, 0.6) is 0 Å². The van der Waals surface area contributed by atoms with Crippen LogP contribution in [-0.2, 0) is 18.9 Å². The molecular weight excluding hydrogens is 256 g/mol. The van der Waals surface area contributed by atoms with Crippen molar-refractivity contribution >= 4 is 0 Å². The summed E-state index contributed by atoms with van der Waals surface area (Å²) in [5.41, 5.74) is 0. The first-order valence-corrected chi connectivity index (χ1v) is 7.99. The van der Waals surface area contributed by atoms with Crippen LogP contribution in [0.3, 0.4) is 0 Å². The molecule has 0 aromatic rings. The predicted octanol–water partition coefficient (Wildman–Crippen LogP) is 3.18. The molecule has 0 aliphatic heterocycles. The number of hydrogen-bond donors (Lipinski definition) is 0. The lowest BCUT2D eigenvalue weighted by molar-refractivity contribution is -0.0862. The fourth-order valence-electron chi connectivity index (χ4n) is 2.27. The Hall–Kier alpha value is -0.160. The molecule has 1 aliphatic rings. The number of rotatable bonds is 10. The number of ether oxygens (including phenoxy) is 4. The molecule has 0 heterocycles. The summed E-state index contributed by atoms with van der Waals surface area (Å²) < 4.78 is 22.5. The van der Waals surface area contributed by atoms with E-state index in [1.165, 1.54) is 32.1 Å². The van der Waals surface area contributed by atoms with Crippen molar-refractivity contribution in [1.29, 1.82) is 0 Å². The molecule has 0 aromatic carbocycles. The highest BCUT2D eigenvalue weighted by Crippen LogP contribution is 2.20. The van der Waals surface area contributed by atoms with Gasteiger partial charge >= 0.3 is 0 Å². The van der Waals surface area contributed by atoms with Crippen LogP contribution in [-0.4, -0.2) is 51.3 Å². The molecule has 20 heavy (non-hydrogen) atoms. The highest BCUT2D eigenvalue weighted by Gasteiger charge is 2.15. The second-order valence-corrected chi connectivity index (χ2v) is 5.93. The van der Waals surface area contributed by atoms with Gasteiger partial charge in [0.05, 0.1) is 44.2 Å². The minimum atomic E-state index is 0.0877. The van der Waals surface area contributed by atoms with E-state index in [1.54, 1.807) is 7.11 Å². The lowest BCUT2D eigenvalue weighted by atomic mass is 9.98. The van der Waals surface area contributed by atoms with Gasteiger partial charge in [0.1, 0.15) is 0 Å². The van der Waals surface area contributed by atoms with Crippen LogP contribution >= 0.6 is 0 Å². The van der Waals surface area contributed by atoms with Gasteiger partial charge in [0, 0.05) is 7.11 Å². The van der Waals surface area contributed by atoms with Gasteiger partial charge in [-0.2, -0.15) is 0 Å². The molecule has 0 radical (unpaired) electrons. The fraction of sp³-hybridized carbons (Fsp3) is 1.00. The molecule has 0 bridgehead atoms. The summed E-state index contributed by atoms with van der Waals surface area (Å²) in [5, 5.41) is 0. The van der Waals surface area contributed by atoms with Crippen molar-refractivity contribution in [3.63, 3.8) is 0 Å². The molecule has 0 amide bonds. The third-order valence-corrected chi connectivity index (χ3v) is 3.75. The van der Waals surface area contributed by atoms with Crippen molar-refractivity contribution in [3.8, 4) is 0 Å². The standard InChI is InChI=1S/C16H32O4/c1-13(17-4)10-18-14(2)11-19-15(3)12-20-16-8-6-5-7-9-16/h13-16H,5-12H2,1-4H3. The van der Waals surface area contributed by atoms with Gasteiger partial charge in [0.2, 0.25) is 0 Å². The summed E-state index contributed by atoms with van der Waals surface area (Å²) in [4.78, 5) is 0. The van der Waals surface area contributed by atoms with Crippen LogP contribution < -0.4 is 0 Å². The van der Waals surface area contributed by atoms with Crippen molar-refractivity contribution in [2.75, 3.05) is 26.9 Å². The first-order chi connectivity index (χ1) is 9.61. The van der Waals surface area contributed by atoms with E-state index in [2.05, 4.69) is 6.92 Å². The molecule has 1 saturated carbocycles. The maximum atomic E-state index is 5.91. The normalized spacial score (nSPS) is 21.6. The Kier molecular flexibility index (Phi) is 9.44. The van der Waals surface area contributed by atoms with E-state index < -0.39 is 0 Å². The minimum Gasteiger partial charge on any atom is -0.379 e. The van der Waals surface area contributed by atoms with Crippen molar-refractivity contribution in [3.05, 3.63) is 0 Å². The van der Waals surface area contributed by atoms with Crippen LogP contribution in [0.2, 0.25) is 0 Å².